The summed E-state index contributed by atoms with van der Waals surface area (Å²) in [6.45, 7) is 4.88. The maximum Gasteiger partial charge on any atom is 0.295 e. The van der Waals surface area contributed by atoms with E-state index in [9.17, 15) is 14.7 Å². The van der Waals surface area contributed by atoms with Crippen LogP contribution in [-0.2, 0) is 14.3 Å². The number of Topliss-reactive ketones (excluding diaryl/α,β-unsaturated/α-hetero) is 1. The molecule has 8 heteroatoms. The third-order valence-corrected chi connectivity index (χ3v) is 5.71. The average Bonchev–Trinajstić information content (AvgIpc) is 3.10. The molecule has 0 saturated carbocycles. The Morgan fingerprint density at radius 3 is 2.29 bits per heavy atom. The van der Waals surface area contributed by atoms with Gasteiger partial charge in [-0.3, -0.25) is 9.59 Å². The van der Waals surface area contributed by atoms with Gasteiger partial charge in [0.1, 0.15) is 11.5 Å². The highest BCUT2D eigenvalue weighted by Crippen LogP contribution is 2.42. The molecule has 2 aromatic rings. The third kappa shape index (κ3) is 4.87. The van der Waals surface area contributed by atoms with Crippen molar-refractivity contribution in [3.8, 4) is 17.2 Å². The number of hydrogen-bond donors (Lipinski definition) is 1. The number of hydrogen-bond acceptors (Lipinski definition) is 7. The normalized spacial score (nSPS) is 17.2. The summed E-state index contributed by atoms with van der Waals surface area (Å²) < 4.78 is 21.6. The van der Waals surface area contributed by atoms with E-state index < -0.39 is 17.7 Å². The number of aliphatic hydroxyl groups is 1. The molecule has 0 spiro atoms. The first-order valence-corrected chi connectivity index (χ1v) is 11.1. The molecule has 8 nitrogen and oxygen atoms in total. The van der Waals surface area contributed by atoms with Gasteiger partial charge in [0.15, 0.2) is 11.5 Å². The van der Waals surface area contributed by atoms with E-state index in [1.807, 2.05) is 13.8 Å². The van der Waals surface area contributed by atoms with E-state index in [4.69, 9.17) is 18.9 Å². The van der Waals surface area contributed by atoms with Gasteiger partial charge in [-0.1, -0.05) is 13.0 Å². The predicted molar refractivity (Wildman–Crippen MR) is 127 cm³/mol. The summed E-state index contributed by atoms with van der Waals surface area (Å²) in [5, 5.41) is 11.3. The minimum absolute atomic E-state index is 0.00921. The zero-order chi connectivity index (χ0) is 24.8. The zero-order valence-electron chi connectivity index (χ0n) is 20.2. The van der Waals surface area contributed by atoms with Crippen LogP contribution in [-0.4, -0.2) is 62.8 Å². The van der Waals surface area contributed by atoms with E-state index >= 15 is 0 Å². The van der Waals surface area contributed by atoms with Gasteiger partial charge in [-0.05, 0) is 54.8 Å². The fourth-order valence-electron chi connectivity index (χ4n) is 4.00. The molecule has 34 heavy (non-hydrogen) atoms. The molecule has 182 valence electrons. The number of ketones is 1. The largest absolute Gasteiger partial charge is 0.507 e. The molecule has 2 aromatic carbocycles. The number of nitrogens with zero attached hydrogens (tertiary/aromatic N) is 1. The van der Waals surface area contributed by atoms with E-state index in [1.165, 1.54) is 26.2 Å². The van der Waals surface area contributed by atoms with Crippen LogP contribution < -0.4 is 14.2 Å². The molecule has 1 unspecified atom stereocenters. The van der Waals surface area contributed by atoms with Crippen LogP contribution in [0.3, 0.4) is 0 Å². The van der Waals surface area contributed by atoms with Gasteiger partial charge in [0.2, 0.25) is 0 Å². The van der Waals surface area contributed by atoms with Crippen molar-refractivity contribution in [3.63, 3.8) is 0 Å². The lowest BCUT2D eigenvalue weighted by Crippen LogP contribution is -2.32. The summed E-state index contributed by atoms with van der Waals surface area (Å²) in [6.07, 6.45) is 0.872. The van der Waals surface area contributed by atoms with Crippen LogP contribution in [0.4, 0.5) is 0 Å². The summed E-state index contributed by atoms with van der Waals surface area (Å²) in [4.78, 5) is 27.5. The molecule has 0 bridgehead atoms. The summed E-state index contributed by atoms with van der Waals surface area (Å²) in [5.41, 5.74) is 1.86. The van der Waals surface area contributed by atoms with Gasteiger partial charge in [-0.2, -0.15) is 0 Å². The second kappa shape index (κ2) is 11.1. The monoisotopic (exact) mass is 469 g/mol. The molecule has 3 rings (SSSR count). The maximum atomic E-state index is 13.1. The van der Waals surface area contributed by atoms with Crippen molar-refractivity contribution in [2.45, 2.75) is 26.3 Å². The van der Waals surface area contributed by atoms with Crippen LogP contribution in [0.2, 0.25) is 0 Å². The van der Waals surface area contributed by atoms with Crippen LogP contribution in [0.15, 0.2) is 42.0 Å². The van der Waals surface area contributed by atoms with Gasteiger partial charge in [0, 0.05) is 19.2 Å². The number of carbonyl (C=O) groups excluding carboxylic acids is 2. The molecule has 0 aromatic heterocycles. The van der Waals surface area contributed by atoms with Crippen molar-refractivity contribution in [2.24, 2.45) is 0 Å². The molecule has 1 fully saturated rings. The number of ether oxygens (including phenoxy) is 4. The summed E-state index contributed by atoms with van der Waals surface area (Å²) in [5.74, 6) is -0.0297. The van der Waals surface area contributed by atoms with Crippen molar-refractivity contribution in [2.75, 3.05) is 41.1 Å². The second-order valence-electron chi connectivity index (χ2n) is 7.93. The van der Waals surface area contributed by atoms with Gasteiger partial charge >= 0.3 is 0 Å². The number of amides is 1. The first-order valence-electron chi connectivity index (χ1n) is 11.1. The predicted octanol–water partition coefficient (Wildman–Crippen LogP) is 3.87. The Hall–Kier alpha value is -3.52. The molecule has 1 N–H and O–H groups in total. The highest BCUT2D eigenvalue weighted by Gasteiger charge is 2.46. The smallest absolute Gasteiger partial charge is 0.295 e. The van der Waals surface area contributed by atoms with Crippen molar-refractivity contribution in [3.05, 3.63) is 58.7 Å². The molecule has 1 heterocycles. The second-order valence-corrected chi connectivity index (χ2v) is 7.93. The van der Waals surface area contributed by atoms with E-state index in [0.717, 1.165) is 12.0 Å². The topological polar surface area (TPSA) is 94.5 Å². The number of methoxy groups -OCH3 is 3. The molecule has 1 amide bonds. The summed E-state index contributed by atoms with van der Waals surface area (Å²) in [6, 6.07) is 9.52. The van der Waals surface area contributed by atoms with E-state index in [0.29, 0.717) is 35.0 Å². The Balaban J connectivity index is 2.14. The first kappa shape index (κ1) is 25.1. The van der Waals surface area contributed by atoms with Crippen molar-refractivity contribution in [1.82, 2.24) is 4.90 Å². The van der Waals surface area contributed by atoms with Crippen molar-refractivity contribution < 1.29 is 33.6 Å². The first-order chi connectivity index (χ1) is 16.4. The van der Waals surface area contributed by atoms with Crippen LogP contribution >= 0.6 is 0 Å². The van der Waals surface area contributed by atoms with Crippen LogP contribution in [0.5, 0.6) is 17.2 Å². The Bertz CT molecular complexity index is 1090. The number of aliphatic hydroxyl groups excluding tert-OH is 1. The van der Waals surface area contributed by atoms with Gasteiger partial charge < -0.3 is 29.0 Å². The van der Waals surface area contributed by atoms with Crippen molar-refractivity contribution >= 4 is 17.4 Å². The Morgan fingerprint density at radius 1 is 0.971 bits per heavy atom. The summed E-state index contributed by atoms with van der Waals surface area (Å²) in [7, 11) is 4.56. The lowest BCUT2D eigenvalue weighted by Gasteiger charge is -2.25. The number of aryl methyl sites for hydroxylation is 1. The lowest BCUT2D eigenvalue weighted by molar-refractivity contribution is -0.140. The summed E-state index contributed by atoms with van der Waals surface area (Å²) >= 11 is 0. The Labute approximate surface area is 199 Å². The Kier molecular flexibility index (Phi) is 8.17. The highest BCUT2D eigenvalue weighted by atomic mass is 16.5. The standard InChI is InChI=1S/C26H31NO7/c1-6-12-34-19-9-8-18(14-16(19)2)24(28)22-23(27(11-13-31-3)26(30)25(22)29)17-7-10-20(32-4)21(15-17)33-5/h7-10,14-15,23,28H,6,11-13H2,1-5H3/b24-22-. The highest BCUT2D eigenvalue weighted by molar-refractivity contribution is 6.46. The number of rotatable bonds is 10. The Morgan fingerprint density at radius 2 is 1.68 bits per heavy atom. The van der Waals surface area contributed by atoms with E-state index in [2.05, 4.69) is 0 Å². The molecule has 0 aliphatic carbocycles. The quantitative estimate of drug-likeness (QED) is 0.321. The minimum Gasteiger partial charge on any atom is -0.507 e. The molecule has 1 aliphatic heterocycles. The van der Waals surface area contributed by atoms with Gasteiger partial charge in [-0.25, -0.2) is 0 Å². The fourth-order valence-corrected chi connectivity index (χ4v) is 4.00. The zero-order valence-corrected chi connectivity index (χ0v) is 20.2. The number of carbonyl (C=O) groups is 2. The van der Waals surface area contributed by atoms with Crippen LogP contribution in [0.1, 0.15) is 36.1 Å². The number of likely N-dealkylation sites (tertiary alicyclic amines) is 1. The van der Waals surface area contributed by atoms with Crippen LogP contribution in [0.25, 0.3) is 5.76 Å². The molecular formula is C26H31NO7. The van der Waals surface area contributed by atoms with Gasteiger partial charge in [0.05, 0.1) is 39.0 Å². The lowest BCUT2D eigenvalue weighted by atomic mass is 9.94. The molecule has 0 radical (unpaired) electrons. The third-order valence-electron chi connectivity index (χ3n) is 5.71. The van der Waals surface area contributed by atoms with Crippen LogP contribution in [0, 0.1) is 6.92 Å². The molecule has 1 saturated heterocycles. The minimum atomic E-state index is -0.814. The van der Waals surface area contributed by atoms with Gasteiger partial charge in [0.25, 0.3) is 11.7 Å². The van der Waals surface area contributed by atoms with E-state index in [1.54, 1.807) is 36.4 Å². The average molecular weight is 470 g/mol. The van der Waals surface area contributed by atoms with E-state index in [-0.39, 0.29) is 24.5 Å². The molecular weight excluding hydrogens is 438 g/mol. The SMILES string of the molecule is CCCOc1ccc(/C(O)=C2/C(=O)C(=O)N(CCOC)C2c2ccc(OC)c(OC)c2)cc1C. The molecule has 1 aliphatic rings. The molecule has 1 atom stereocenters. The van der Waals surface area contributed by atoms with Gasteiger partial charge in [-0.15, -0.1) is 0 Å². The fraction of sp³-hybridized carbons (Fsp3) is 0.385. The number of benzene rings is 2. The van der Waals surface area contributed by atoms with Crippen molar-refractivity contribution in [1.29, 1.82) is 0 Å². The maximum absolute atomic E-state index is 13.1.